The molecule has 182 valence electrons. The highest BCUT2D eigenvalue weighted by Crippen LogP contribution is 2.08. The molecule has 0 aliphatic rings. The summed E-state index contributed by atoms with van der Waals surface area (Å²) in [6.45, 7) is 8.42. The zero-order valence-corrected chi connectivity index (χ0v) is 19.6. The van der Waals surface area contributed by atoms with Gasteiger partial charge in [-0.2, -0.15) is 8.42 Å². The molecule has 0 aliphatic carbocycles. The van der Waals surface area contributed by atoms with Crippen LogP contribution in [0.25, 0.3) is 0 Å². The smallest absolute Gasteiger partial charge is 0.408 e. The molecule has 0 fully saturated rings. The Balaban J connectivity index is 4.12. The van der Waals surface area contributed by atoms with Crippen molar-refractivity contribution in [1.82, 2.24) is 10.6 Å². The summed E-state index contributed by atoms with van der Waals surface area (Å²) in [7, 11) is -4.48. The molecule has 0 unspecified atom stereocenters. The van der Waals surface area contributed by atoms with E-state index in [4.69, 9.17) is 18.8 Å². The molecule has 0 spiro atoms. The van der Waals surface area contributed by atoms with Crippen molar-refractivity contribution in [3.63, 3.8) is 0 Å². The van der Waals surface area contributed by atoms with Gasteiger partial charge in [0.2, 0.25) is 5.91 Å². The van der Waals surface area contributed by atoms with Gasteiger partial charge < -0.3 is 24.8 Å². The zero-order chi connectivity index (χ0) is 23.9. The molecule has 0 aromatic heterocycles. The van der Waals surface area contributed by atoms with Gasteiger partial charge in [0, 0.05) is 26.0 Å². The molecule has 0 radical (unpaired) electrons. The van der Waals surface area contributed by atoms with E-state index in [9.17, 15) is 22.8 Å². The van der Waals surface area contributed by atoms with Gasteiger partial charge in [-0.25, -0.2) is 4.79 Å². The van der Waals surface area contributed by atoms with Gasteiger partial charge in [0.25, 0.3) is 10.1 Å². The van der Waals surface area contributed by atoms with Gasteiger partial charge in [0.15, 0.2) is 5.78 Å². The molecule has 0 bridgehead atoms. The van der Waals surface area contributed by atoms with E-state index in [0.717, 1.165) is 6.42 Å². The fourth-order valence-corrected chi connectivity index (χ4v) is 2.99. The molecular weight excluding hydrogens is 432 g/mol. The summed E-state index contributed by atoms with van der Waals surface area (Å²) in [5.74, 6) is -1.51. The highest BCUT2D eigenvalue weighted by Gasteiger charge is 2.27. The van der Waals surface area contributed by atoms with Gasteiger partial charge in [-0.15, -0.1) is 0 Å². The molecule has 0 saturated carbocycles. The van der Waals surface area contributed by atoms with Crippen molar-refractivity contribution in [3.05, 3.63) is 0 Å². The van der Waals surface area contributed by atoms with E-state index in [0.29, 0.717) is 39.2 Å². The van der Waals surface area contributed by atoms with Crippen molar-refractivity contribution in [2.75, 3.05) is 38.7 Å². The first-order valence-corrected chi connectivity index (χ1v) is 11.8. The lowest BCUT2D eigenvalue weighted by Crippen LogP contribution is -2.47. The summed E-state index contributed by atoms with van der Waals surface area (Å²) >= 11 is 0. The lowest BCUT2D eigenvalue weighted by atomic mass is 10.1. The maximum absolute atomic E-state index is 12.3. The third-order valence-corrected chi connectivity index (χ3v) is 4.34. The highest BCUT2D eigenvalue weighted by atomic mass is 32.2. The molecule has 31 heavy (non-hydrogen) atoms. The van der Waals surface area contributed by atoms with Crippen LogP contribution in [0.15, 0.2) is 0 Å². The van der Waals surface area contributed by atoms with Crippen LogP contribution in [0.1, 0.15) is 53.4 Å². The number of alkyl carbamates (subject to hydrolysis) is 1. The summed E-state index contributed by atoms with van der Waals surface area (Å²) in [5, 5.41) is 4.90. The first-order chi connectivity index (χ1) is 14.3. The van der Waals surface area contributed by atoms with Crippen LogP contribution in [0.4, 0.5) is 4.79 Å². The highest BCUT2D eigenvalue weighted by molar-refractivity contribution is 7.85. The molecule has 3 N–H and O–H groups in total. The minimum Gasteiger partial charge on any atom is -0.444 e. The third kappa shape index (κ3) is 18.7. The number of carbonyl (C=O) groups excluding carboxylic acids is 3. The Labute approximate surface area is 184 Å². The number of carbonyl (C=O) groups is 3. The second-order valence-electron chi connectivity index (χ2n) is 7.84. The Bertz CT molecular complexity index is 660. The Morgan fingerprint density at radius 1 is 1.00 bits per heavy atom. The van der Waals surface area contributed by atoms with E-state index < -0.39 is 39.4 Å². The predicted molar refractivity (Wildman–Crippen MR) is 113 cm³/mol. The van der Waals surface area contributed by atoms with Gasteiger partial charge in [-0.1, -0.05) is 6.92 Å². The number of nitrogens with one attached hydrogen (secondary N) is 2. The Morgan fingerprint density at radius 3 is 2.16 bits per heavy atom. The van der Waals surface area contributed by atoms with Crippen molar-refractivity contribution in [3.8, 4) is 0 Å². The van der Waals surface area contributed by atoms with Crippen molar-refractivity contribution in [1.29, 1.82) is 0 Å². The summed E-state index contributed by atoms with van der Waals surface area (Å²) in [5.41, 5.74) is -0.827. The lowest BCUT2D eigenvalue weighted by molar-refractivity contribution is -0.122. The quantitative estimate of drug-likeness (QED) is 0.222. The molecule has 0 aliphatic heterocycles. The Morgan fingerprint density at radius 2 is 1.61 bits per heavy atom. The van der Waals surface area contributed by atoms with E-state index in [-0.39, 0.29) is 18.9 Å². The average Bonchev–Trinajstić information content (AvgIpc) is 2.60. The van der Waals surface area contributed by atoms with Crippen molar-refractivity contribution in [2.45, 2.75) is 65.0 Å². The molecule has 0 saturated heterocycles. The molecule has 0 rings (SSSR count). The number of hydrogen-bond donors (Lipinski definition) is 3. The monoisotopic (exact) mass is 468 g/mol. The van der Waals surface area contributed by atoms with Gasteiger partial charge in [-0.05, 0) is 33.6 Å². The van der Waals surface area contributed by atoms with Crippen molar-refractivity contribution in [2.24, 2.45) is 0 Å². The normalized spacial score (nSPS) is 12.8. The van der Waals surface area contributed by atoms with E-state index in [1.165, 1.54) is 0 Å². The van der Waals surface area contributed by atoms with Crippen LogP contribution in [0.3, 0.4) is 0 Å². The molecule has 2 amide bonds. The van der Waals surface area contributed by atoms with Gasteiger partial charge >= 0.3 is 6.09 Å². The van der Waals surface area contributed by atoms with Crippen molar-refractivity contribution >= 4 is 27.9 Å². The standard InChI is InChI=1S/C19H36N2O9S/c1-5-7-17(23)20-9-11-29-13-12-28-10-6-8-16(22)15(14-31(25,26)27)21-18(24)30-19(2,3)4/h15H,5-14H2,1-4H3,(H,20,23)(H,21,24)(H,25,26,27)/t15-/m0/s1. The maximum Gasteiger partial charge on any atom is 0.408 e. The van der Waals surface area contributed by atoms with Gasteiger partial charge in [0.1, 0.15) is 17.4 Å². The summed E-state index contributed by atoms with van der Waals surface area (Å²) in [6, 6.07) is -1.42. The number of ether oxygens (including phenoxy) is 3. The third-order valence-electron chi connectivity index (χ3n) is 3.59. The summed E-state index contributed by atoms with van der Waals surface area (Å²) in [4.78, 5) is 35.4. The molecule has 11 nitrogen and oxygen atoms in total. The second-order valence-corrected chi connectivity index (χ2v) is 9.34. The molecular formula is C19H36N2O9S. The fraction of sp³-hybridized carbons (Fsp3) is 0.842. The van der Waals surface area contributed by atoms with Crippen LogP contribution < -0.4 is 10.6 Å². The van der Waals surface area contributed by atoms with Crippen LogP contribution in [-0.2, 0) is 33.9 Å². The van der Waals surface area contributed by atoms with Gasteiger partial charge in [0.05, 0.1) is 19.8 Å². The minimum atomic E-state index is -4.48. The van der Waals surface area contributed by atoms with Crippen LogP contribution in [0, 0.1) is 0 Å². The molecule has 0 aromatic rings. The van der Waals surface area contributed by atoms with E-state index >= 15 is 0 Å². The first kappa shape index (κ1) is 29.2. The van der Waals surface area contributed by atoms with E-state index in [2.05, 4.69) is 10.6 Å². The van der Waals surface area contributed by atoms with Crippen LogP contribution >= 0.6 is 0 Å². The first-order valence-electron chi connectivity index (χ1n) is 10.2. The average molecular weight is 469 g/mol. The molecule has 12 heteroatoms. The summed E-state index contributed by atoms with van der Waals surface area (Å²) in [6.07, 6.45) is 0.565. The maximum atomic E-state index is 12.3. The largest absolute Gasteiger partial charge is 0.444 e. The zero-order valence-electron chi connectivity index (χ0n) is 18.8. The van der Waals surface area contributed by atoms with Crippen LogP contribution in [0.2, 0.25) is 0 Å². The SMILES string of the molecule is CCCC(=O)NCCOCCOCCCC(=O)[C@H](CS(=O)(=O)O)NC(=O)OC(C)(C)C. The molecule has 0 aromatic carbocycles. The summed E-state index contributed by atoms with van der Waals surface area (Å²) < 4.78 is 47.0. The topological polar surface area (TPSA) is 157 Å². The minimum absolute atomic E-state index is 0.0134. The molecule has 1 atom stereocenters. The lowest BCUT2D eigenvalue weighted by Gasteiger charge is -2.22. The Kier molecular flexibility index (Phi) is 14.3. The number of ketones is 1. The van der Waals surface area contributed by atoms with Crippen LogP contribution in [-0.4, -0.2) is 81.1 Å². The van der Waals surface area contributed by atoms with Gasteiger partial charge in [-0.3, -0.25) is 14.1 Å². The van der Waals surface area contributed by atoms with E-state index in [1.807, 2.05) is 6.92 Å². The number of Topliss-reactive ketones (excluding diaryl/α,β-unsaturated/α-hetero) is 1. The number of amides is 2. The second kappa shape index (κ2) is 15.1. The number of rotatable bonds is 16. The van der Waals surface area contributed by atoms with E-state index in [1.54, 1.807) is 20.8 Å². The van der Waals surface area contributed by atoms with Crippen LogP contribution in [0.5, 0.6) is 0 Å². The predicted octanol–water partition coefficient (Wildman–Crippen LogP) is 1.07. The number of hydrogen-bond acceptors (Lipinski definition) is 8. The molecule has 0 heterocycles. The Hall–Kier alpha value is -1.76. The van der Waals surface area contributed by atoms with Crippen molar-refractivity contribution < 1.29 is 41.6 Å². The fourth-order valence-electron chi connectivity index (χ4n) is 2.30.